The van der Waals surface area contributed by atoms with Gasteiger partial charge in [-0.3, -0.25) is 4.79 Å². The van der Waals surface area contributed by atoms with Crippen LogP contribution in [0.25, 0.3) is 22.3 Å². The third-order valence-electron chi connectivity index (χ3n) is 9.28. The molecule has 6 rings (SSSR count). The number of aromatic hydroxyl groups is 3. The SMILES string of the molecule is C[C@@H]1O[C@H](OC[C@H]2O[C@@H](Oc3c(-c4cccc(O)c4)oc4cc(O)cc(O)c4c3=O)[C@H](O)[C@@H](O)[C@H]2O)[C@H](O[C@@H]2O[C@H](CO)[C@@H](O)[C@H](O)[C@H]2O)[C@H](O)[C@H]1O. The summed E-state index contributed by atoms with van der Waals surface area (Å²) in [5.74, 6) is -2.41. The molecule has 3 fully saturated rings. The quantitative estimate of drug-likeness (QED) is 0.100. The number of aliphatic hydroxyl groups is 9. The van der Waals surface area contributed by atoms with Crippen molar-refractivity contribution in [1.82, 2.24) is 0 Å². The van der Waals surface area contributed by atoms with E-state index in [9.17, 15) is 66.1 Å². The highest BCUT2D eigenvalue weighted by Crippen LogP contribution is 2.38. The molecule has 3 aromatic rings. The summed E-state index contributed by atoms with van der Waals surface area (Å²) in [5.41, 5.74) is -1.22. The lowest BCUT2D eigenvalue weighted by molar-refractivity contribution is -0.369. The molecule has 15 atom stereocenters. The highest BCUT2D eigenvalue weighted by atomic mass is 16.8. The molecular formula is C33H40O20. The zero-order valence-corrected chi connectivity index (χ0v) is 27.7. The first-order chi connectivity index (χ1) is 25.1. The molecule has 292 valence electrons. The van der Waals surface area contributed by atoms with E-state index < -0.39 is 133 Å². The number of phenolic OH excluding ortho intramolecular Hbond substituents is 3. The molecular weight excluding hydrogens is 716 g/mol. The molecule has 0 amide bonds. The number of hydrogen-bond acceptors (Lipinski definition) is 20. The van der Waals surface area contributed by atoms with Crippen LogP contribution in [0.2, 0.25) is 0 Å². The summed E-state index contributed by atoms with van der Waals surface area (Å²) in [6.45, 7) is -0.127. The lowest BCUT2D eigenvalue weighted by Gasteiger charge is -2.46. The van der Waals surface area contributed by atoms with Crippen LogP contribution in [0.4, 0.5) is 0 Å². The second kappa shape index (κ2) is 15.6. The molecule has 3 saturated heterocycles. The molecule has 0 radical (unpaired) electrons. The molecule has 0 aliphatic carbocycles. The van der Waals surface area contributed by atoms with Crippen molar-refractivity contribution in [2.75, 3.05) is 13.2 Å². The topological polar surface area (TPSA) is 328 Å². The highest BCUT2D eigenvalue weighted by Gasteiger charge is 2.51. The first-order valence-electron chi connectivity index (χ1n) is 16.4. The monoisotopic (exact) mass is 756 g/mol. The first kappa shape index (κ1) is 39.0. The van der Waals surface area contributed by atoms with Crippen LogP contribution in [0.1, 0.15) is 6.92 Å². The van der Waals surface area contributed by atoms with Gasteiger partial charge in [0.2, 0.25) is 17.5 Å². The van der Waals surface area contributed by atoms with E-state index in [2.05, 4.69) is 0 Å². The largest absolute Gasteiger partial charge is 0.508 e. The van der Waals surface area contributed by atoms with Gasteiger partial charge in [-0.25, -0.2) is 0 Å². The van der Waals surface area contributed by atoms with E-state index in [-0.39, 0.29) is 22.7 Å². The molecule has 0 unspecified atom stereocenters. The molecule has 53 heavy (non-hydrogen) atoms. The van der Waals surface area contributed by atoms with Gasteiger partial charge in [-0.1, -0.05) is 12.1 Å². The number of ether oxygens (including phenoxy) is 6. The van der Waals surface area contributed by atoms with Gasteiger partial charge >= 0.3 is 0 Å². The van der Waals surface area contributed by atoms with Crippen molar-refractivity contribution in [3.05, 3.63) is 46.6 Å². The molecule has 20 nitrogen and oxygen atoms in total. The Hall–Kier alpha value is -3.71. The maximum atomic E-state index is 13.8. The van der Waals surface area contributed by atoms with Crippen molar-refractivity contribution < 1.29 is 94.1 Å². The van der Waals surface area contributed by atoms with Gasteiger partial charge in [-0.15, -0.1) is 0 Å². The van der Waals surface area contributed by atoms with Crippen molar-refractivity contribution in [3.8, 4) is 34.3 Å². The Bertz CT molecular complexity index is 1800. The second-order valence-electron chi connectivity index (χ2n) is 12.9. The second-order valence-corrected chi connectivity index (χ2v) is 12.9. The van der Waals surface area contributed by atoms with Gasteiger partial charge in [-0.2, -0.15) is 0 Å². The Morgan fingerprint density at radius 1 is 0.698 bits per heavy atom. The number of fused-ring (bicyclic) bond motifs is 1. The van der Waals surface area contributed by atoms with Gasteiger partial charge in [0.15, 0.2) is 18.3 Å². The molecule has 2 aromatic carbocycles. The van der Waals surface area contributed by atoms with E-state index in [1.807, 2.05) is 0 Å². The number of rotatable bonds is 9. The maximum absolute atomic E-state index is 13.8. The normalized spacial score (nSPS) is 37.8. The van der Waals surface area contributed by atoms with Crippen LogP contribution in [0.5, 0.6) is 23.0 Å². The van der Waals surface area contributed by atoms with Crippen LogP contribution < -0.4 is 10.2 Å². The third kappa shape index (κ3) is 7.52. The van der Waals surface area contributed by atoms with Crippen LogP contribution in [-0.2, 0) is 23.7 Å². The van der Waals surface area contributed by atoms with Crippen LogP contribution >= 0.6 is 0 Å². The summed E-state index contributed by atoms with van der Waals surface area (Å²) in [7, 11) is 0. The average Bonchev–Trinajstić information content (AvgIpc) is 3.12. The van der Waals surface area contributed by atoms with Crippen LogP contribution in [0.15, 0.2) is 45.6 Å². The Morgan fingerprint density at radius 3 is 2.04 bits per heavy atom. The fourth-order valence-electron chi connectivity index (χ4n) is 6.29. The van der Waals surface area contributed by atoms with Crippen LogP contribution in [0, 0.1) is 0 Å². The highest BCUT2D eigenvalue weighted by molar-refractivity contribution is 5.88. The van der Waals surface area contributed by atoms with E-state index in [4.69, 9.17) is 32.8 Å². The zero-order chi connectivity index (χ0) is 38.5. The van der Waals surface area contributed by atoms with Crippen molar-refractivity contribution in [2.45, 2.75) is 99.0 Å². The Labute approximate surface area is 298 Å². The smallest absolute Gasteiger partial charge is 0.239 e. The predicted octanol–water partition coefficient (Wildman–Crippen LogP) is -3.57. The third-order valence-corrected chi connectivity index (χ3v) is 9.28. The van der Waals surface area contributed by atoms with Gasteiger partial charge in [-0.05, 0) is 19.1 Å². The molecule has 0 spiro atoms. The summed E-state index contributed by atoms with van der Waals surface area (Å²) in [5, 5.41) is 124. The molecule has 3 aliphatic rings. The van der Waals surface area contributed by atoms with Gasteiger partial charge in [0.25, 0.3) is 0 Å². The first-order valence-corrected chi connectivity index (χ1v) is 16.4. The minimum atomic E-state index is -2.02. The number of aliphatic hydroxyl groups excluding tert-OH is 9. The molecule has 0 saturated carbocycles. The fourth-order valence-corrected chi connectivity index (χ4v) is 6.29. The minimum Gasteiger partial charge on any atom is -0.508 e. The van der Waals surface area contributed by atoms with Gasteiger partial charge in [0.05, 0.1) is 19.3 Å². The maximum Gasteiger partial charge on any atom is 0.239 e. The van der Waals surface area contributed by atoms with Gasteiger partial charge < -0.3 is 94.1 Å². The summed E-state index contributed by atoms with van der Waals surface area (Å²) >= 11 is 0. The summed E-state index contributed by atoms with van der Waals surface area (Å²) in [6, 6.07) is 7.28. The molecule has 1 aromatic heterocycles. The molecule has 3 aliphatic heterocycles. The molecule has 4 heterocycles. The molecule has 0 bridgehead atoms. The predicted molar refractivity (Wildman–Crippen MR) is 171 cm³/mol. The lowest BCUT2D eigenvalue weighted by atomic mass is 9.97. The van der Waals surface area contributed by atoms with Crippen molar-refractivity contribution in [3.63, 3.8) is 0 Å². The van der Waals surface area contributed by atoms with Crippen molar-refractivity contribution in [1.29, 1.82) is 0 Å². The summed E-state index contributed by atoms with van der Waals surface area (Å²) in [6.07, 6.45) is -25.8. The zero-order valence-electron chi connectivity index (χ0n) is 27.7. The Kier molecular flexibility index (Phi) is 11.5. The summed E-state index contributed by atoms with van der Waals surface area (Å²) in [4.78, 5) is 13.8. The Morgan fingerprint density at radius 2 is 1.36 bits per heavy atom. The molecule has 12 N–H and O–H groups in total. The number of phenols is 3. The van der Waals surface area contributed by atoms with Gasteiger partial charge in [0, 0.05) is 17.7 Å². The van der Waals surface area contributed by atoms with E-state index in [1.165, 1.54) is 31.2 Å². The van der Waals surface area contributed by atoms with E-state index >= 15 is 0 Å². The van der Waals surface area contributed by atoms with Crippen molar-refractivity contribution in [2.24, 2.45) is 0 Å². The minimum absolute atomic E-state index is 0.0716. The van der Waals surface area contributed by atoms with E-state index in [1.54, 1.807) is 0 Å². The standard InChI is InChI=1S/C33H40O20/c1-10-19(38)25(44)30(53-31-26(45)23(42)20(39)16(8-34)50-31)33(48-10)47-9-17-21(40)24(43)27(46)32(51-17)52-29-22(41)18-14(37)6-13(36)7-15(18)49-28(29)11-3-2-4-12(35)5-11/h2-7,10,16-17,19-21,23-27,30-40,42-46H,8-9H2,1H3/t10-,16+,17+,19-,20+,21-,23-,24-,25+,26+,27+,30+,31-,32-,33-/m0/s1. The van der Waals surface area contributed by atoms with E-state index in [0.717, 1.165) is 12.1 Å². The van der Waals surface area contributed by atoms with Crippen LogP contribution in [-0.4, -0.2) is 167 Å². The van der Waals surface area contributed by atoms with E-state index in [0.29, 0.717) is 0 Å². The van der Waals surface area contributed by atoms with Gasteiger partial charge in [0.1, 0.15) is 95.4 Å². The number of hydrogen-bond donors (Lipinski definition) is 12. The van der Waals surface area contributed by atoms with Crippen molar-refractivity contribution >= 4 is 11.0 Å². The molecule has 20 heteroatoms. The number of benzene rings is 2. The summed E-state index contributed by atoms with van der Waals surface area (Å²) < 4.78 is 39.7. The average molecular weight is 757 g/mol. The Balaban J connectivity index is 1.26. The van der Waals surface area contributed by atoms with Crippen LogP contribution in [0.3, 0.4) is 0 Å². The lowest BCUT2D eigenvalue weighted by Crippen LogP contribution is -2.64. The fraction of sp³-hybridized carbons (Fsp3) is 0.545.